The van der Waals surface area contributed by atoms with Crippen molar-refractivity contribution >= 4 is 5.84 Å². The predicted molar refractivity (Wildman–Crippen MR) is 69.8 cm³/mol. The van der Waals surface area contributed by atoms with Crippen molar-refractivity contribution in [3.05, 3.63) is 0 Å². The molecule has 0 spiro atoms. The summed E-state index contributed by atoms with van der Waals surface area (Å²) in [6.45, 7) is 9.79. The van der Waals surface area contributed by atoms with Crippen LogP contribution in [0.25, 0.3) is 0 Å². The first kappa shape index (κ1) is 13.5. The first-order valence-corrected chi connectivity index (χ1v) is 6.48. The smallest absolute Gasteiger partial charge is 0.0963 e. The second kappa shape index (κ2) is 5.17. The Morgan fingerprint density at radius 2 is 2.06 bits per heavy atom. The Morgan fingerprint density at radius 1 is 1.44 bits per heavy atom. The molecule has 3 heteroatoms. The zero-order chi connectivity index (χ0) is 12.3. The maximum absolute atomic E-state index is 7.58. The van der Waals surface area contributed by atoms with E-state index in [2.05, 4.69) is 32.6 Å². The molecular weight excluding hydrogens is 198 g/mol. The van der Waals surface area contributed by atoms with Gasteiger partial charge in [-0.15, -0.1) is 0 Å². The van der Waals surface area contributed by atoms with Gasteiger partial charge in [-0.25, -0.2) is 0 Å². The Bertz CT molecular complexity index is 248. The van der Waals surface area contributed by atoms with E-state index in [1.807, 2.05) is 0 Å². The summed E-state index contributed by atoms with van der Waals surface area (Å²) >= 11 is 0. The van der Waals surface area contributed by atoms with Crippen LogP contribution in [0.5, 0.6) is 0 Å². The third-order valence-electron chi connectivity index (χ3n) is 4.15. The summed E-state index contributed by atoms with van der Waals surface area (Å²) in [6, 6.07) is 1.45. The third kappa shape index (κ3) is 2.97. The molecular formula is C13H27N3. The maximum atomic E-state index is 7.58. The number of rotatable bonds is 5. The van der Waals surface area contributed by atoms with Crippen molar-refractivity contribution in [1.82, 2.24) is 4.90 Å². The van der Waals surface area contributed by atoms with Crippen LogP contribution in [0.4, 0.5) is 0 Å². The van der Waals surface area contributed by atoms with Crippen LogP contribution in [0.3, 0.4) is 0 Å². The van der Waals surface area contributed by atoms with E-state index in [1.54, 1.807) is 0 Å². The lowest BCUT2D eigenvalue weighted by Gasteiger charge is -2.32. The van der Waals surface area contributed by atoms with E-state index in [9.17, 15) is 0 Å². The molecule has 1 rings (SSSR count). The topological polar surface area (TPSA) is 53.1 Å². The number of amidine groups is 1. The van der Waals surface area contributed by atoms with E-state index >= 15 is 0 Å². The number of nitrogens with zero attached hydrogens (tertiary/aromatic N) is 1. The normalized spacial score (nSPS) is 27.2. The maximum Gasteiger partial charge on any atom is 0.0963 e. The van der Waals surface area contributed by atoms with Crippen LogP contribution in [0.2, 0.25) is 0 Å². The molecule has 1 saturated heterocycles. The summed E-state index contributed by atoms with van der Waals surface area (Å²) in [7, 11) is 0. The minimum absolute atomic E-state index is 0.152. The van der Waals surface area contributed by atoms with E-state index < -0.39 is 0 Å². The zero-order valence-electron chi connectivity index (χ0n) is 11.2. The minimum Gasteiger partial charge on any atom is -0.387 e. The molecule has 1 aliphatic rings. The molecule has 3 nitrogen and oxygen atoms in total. The van der Waals surface area contributed by atoms with Crippen molar-refractivity contribution in [3.8, 4) is 0 Å². The largest absolute Gasteiger partial charge is 0.387 e. The SMILES string of the molecule is CCC1CCC(C)N1CCC(C)(C)C(=N)N. The lowest BCUT2D eigenvalue weighted by atomic mass is 9.87. The van der Waals surface area contributed by atoms with E-state index in [1.165, 1.54) is 19.3 Å². The Kier molecular flexibility index (Phi) is 4.36. The molecule has 2 unspecified atom stereocenters. The highest BCUT2D eigenvalue weighted by Crippen LogP contribution is 2.29. The van der Waals surface area contributed by atoms with Crippen LogP contribution in [-0.2, 0) is 0 Å². The zero-order valence-corrected chi connectivity index (χ0v) is 11.2. The van der Waals surface area contributed by atoms with Crippen molar-refractivity contribution in [1.29, 1.82) is 5.41 Å². The number of likely N-dealkylation sites (tertiary alicyclic amines) is 1. The number of hydrogen-bond donors (Lipinski definition) is 2. The molecule has 1 aliphatic heterocycles. The molecule has 94 valence electrons. The molecule has 3 N–H and O–H groups in total. The van der Waals surface area contributed by atoms with Crippen molar-refractivity contribution in [3.63, 3.8) is 0 Å². The molecule has 0 aromatic rings. The summed E-state index contributed by atoms with van der Waals surface area (Å²) in [6.07, 6.45) is 4.88. The monoisotopic (exact) mass is 225 g/mol. The minimum atomic E-state index is -0.152. The van der Waals surface area contributed by atoms with E-state index in [-0.39, 0.29) is 5.41 Å². The first-order valence-electron chi connectivity index (χ1n) is 6.48. The highest BCUT2D eigenvalue weighted by molar-refractivity contribution is 5.82. The van der Waals surface area contributed by atoms with E-state index in [0.717, 1.165) is 19.0 Å². The van der Waals surface area contributed by atoms with Crippen molar-refractivity contribution in [2.75, 3.05) is 6.54 Å². The van der Waals surface area contributed by atoms with Gasteiger partial charge in [-0.3, -0.25) is 10.3 Å². The number of hydrogen-bond acceptors (Lipinski definition) is 2. The molecule has 0 bridgehead atoms. The quantitative estimate of drug-likeness (QED) is 0.558. The predicted octanol–water partition coefficient (Wildman–Crippen LogP) is 2.60. The molecule has 0 aromatic carbocycles. The molecule has 16 heavy (non-hydrogen) atoms. The van der Waals surface area contributed by atoms with Gasteiger partial charge in [0, 0.05) is 17.5 Å². The lowest BCUT2D eigenvalue weighted by Crippen LogP contribution is -2.39. The highest BCUT2D eigenvalue weighted by Gasteiger charge is 2.31. The summed E-state index contributed by atoms with van der Waals surface area (Å²) in [5.41, 5.74) is 5.47. The summed E-state index contributed by atoms with van der Waals surface area (Å²) < 4.78 is 0. The molecule has 0 radical (unpaired) electrons. The summed E-state index contributed by atoms with van der Waals surface area (Å²) in [5.74, 6) is 0.312. The van der Waals surface area contributed by atoms with Gasteiger partial charge in [0.2, 0.25) is 0 Å². The van der Waals surface area contributed by atoms with Gasteiger partial charge in [-0.2, -0.15) is 0 Å². The standard InChI is InChI=1S/C13H27N3/c1-5-11-7-6-10(2)16(11)9-8-13(3,4)12(14)15/h10-11H,5-9H2,1-4H3,(H3,14,15). The Labute approximate surface area is 99.9 Å². The van der Waals surface area contributed by atoms with Crippen LogP contribution < -0.4 is 5.73 Å². The highest BCUT2D eigenvalue weighted by atomic mass is 15.2. The molecule has 0 saturated carbocycles. The lowest BCUT2D eigenvalue weighted by molar-refractivity contribution is 0.180. The molecule has 0 aromatic heterocycles. The Morgan fingerprint density at radius 3 is 2.56 bits per heavy atom. The summed E-state index contributed by atoms with van der Waals surface area (Å²) in [5, 5.41) is 7.58. The van der Waals surface area contributed by atoms with E-state index in [0.29, 0.717) is 11.9 Å². The van der Waals surface area contributed by atoms with Crippen molar-refractivity contribution in [2.24, 2.45) is 11.1 Å². The van der Waals surface area contributed by atoms with Gasteiger partial charge in [-0.05, 0) is 39.2 Å². The van der Waals surface area contributed by atoms with Crippen LogP contribution >= 0.6 is 0 Å². The van der Waals surface area contributed by atoms with Gasteiger partial charge >= 0.3 is 0 Å². The van der Waals surface area contributed by atoms with Gasteiger partial charge in [0.1, 0.15) is 0 Å². The van der Waals surface area contributed by atoms with Crippen LogP contribution in [0.15, 0.2) is 0 Å². The fourth-order valence-electron chi connectivity index (χ4n) is 2.51. The fourth-order valence-corrected chi connectivity index (χ4v) is 2.51. The van der Waals surface area contributed by atoms with Crippen LogP contribution in [-0.4, -0.2) is 29.4 Å². The van der Waals surface area contributed by atoms with Crippen molar-refractivity contribution in [2.45, 2.75) is 65.5 Å². The molecule has 0 aliphatic carbocycles. The van der Waals surface area contributed by atoms with E-state index in [4.69, 9.17) is 11.1 Å². The average Bonchev–Trinajstić information content (AvgIpc) is 2.56. The van der Waals surface area contributed by atoms with Gasteiger partial charge in [0.25, 0.3) is 0 Å². The average molecular weight is 225 g/mol. The Hall–Kier alpha value is -0.570. The molecule has 1 heterocycles. The number of nitrogens with one attached hydrogen (secondary N) is 1. The molecule has 2 atom stereocenters. The fraction of sp³-hybridized carbons (Fsp3) is 0.923. The van der Waals surface area contributed by atoms with Crippen LogP contribution in [0, 0.1) is 10.8 Å². The second-order valence-electron chi connectivity index (χ2n) is 5.77. The van der Waals surface area contributed by atoms with Crippen LogP contribution in [0.1, 0.15) is 53.4 Å². The van der Waals surface area contributed by atoms with Gasteiger partial charge < -0.3 is 5.73 Å². The first-order chi connectivity index (χ1) is 7.38. The number of nitrogens with two attached hydrogens (primary N) is 1. The van der Waals surface area contributed by atoms with Gasteiger partial charge in [0.15, 0.2) is 0 Å². The second-order valence-corrected chi connectivity index (χ2v) is 5.77. The third-order valence-corrected chi connectivity index (χ3v) is 4.15. The molecule has 0 amide bonds. The van der Waals surface area contributed by atoms with Gasteiger partial charge in [0.05, 0.1) is 5.84 Å². The Balaban J connectivity index is 2.50. The van der Waals surface area contributed by atoms with Gasteiger partial charge in [-0.1, -0.05) is 20.8 Å². The van der Waals surface area contributed by atoms with Crippen molar-refractivity contribution < 1.29 is 0 Å². The summed E-state index contributed by atoms with van der Waals surface area (Å²) in [4.78, 5) is 2.60. The molecule has 1 fully saturated rings.